The quantitative estimate of drug-likeness (QED) is 0.0216. The number of rotatable bonds is 41. The zero-order valence-electron chi connectivity index (χ0n) is 37.1. The van der Waals surface area contributed by atoms with Crippen molar-refractivity contribution < 1.29 is 38.2 Å². The predicted molar refractivity (Wildman–Crippen MR) is 234 cm³/mol. The van der Waals surface area contributed by atoms with E-state index >= 15 is 0 Å². The molecule has 0 aromatic heterocycles. The van der Waals surface area contributed by atoms with Gasteiger partial charge in [0, 0.05) is 19.3 Å². The normalized spacial score (nSPS) is 13.2. The van der Waals surface area contributed by atoms with Crippen molar-refractivity contribution in [1.29, 1.82) is 0 Å². The van der Waals surface area contributed by atoms with Gasteiger partial charge in [0.15, 0.2) is 12.1 Å². The zero-order chi connectivity index (χ0) is 41.4. The second kappa shape index (κ2) is 39.4. The van der Waals surface area contributed by atoms with Crippen molar-refractivity contribution in [3.63, 3.8) is 0 Å². The average molecular weight is 791 g/mol. The summed E-state index contributed by atoms with van der Waals surface area (Å²) in [5.41, 5.74) is 0. The molecule has 1 N–H and O–H groups in total. The number of aliphatic carboxylic acids is 1. The summed E-state index contributed by atoms with van der Waals surface area (Å²) in [5, 5.41) is 9.62. The molecule has 0 aliphatic heterocycles. The summed E-state index contributed by atoms with van der Waals surface area (Å²) in [4.78, 5) is 37.0. The highest BCUT2D eigenvalue weighted by atomic mass is 16.6. The Morgan fingerprint density at radius 2 is 0.946 bits per heavy atom. The number of carbonyl (C=O) groups is 3. The topological polar surface area (TPSA) is 99.1 Å². The van der Waals surface area contributed by atoms with Gasteiger partial charge >= 0.3 is 17.9 Å². The van der Waals surface area contributed by atoms with Crippen LogP contribution in [-0.4, -0.2) is 80.6 Å². The lowest BCUT2D eigenvalue weighted by Crippen LogP contribution is -2.50. The van der Waals surface area contributed by atoms with Crippen molar-refractivity contribution >= 4 is 17.9 Å². The van der Waals surface area contributed by atoms with Gasteiger partial charge in [-0.05, 0) is 64.2 Å². The number of likely N-dealkylation sites (N-methyl/N-ethyl adjacent to an activating group) is 1. The van der Waals surface area contributed by atoms with Gasteiger partial charge in [0.05, 0.1) is 34.4 Å². The molecule has 0 amide bonds. The lowest BCUT2D eigenvalue weighted by atomic mass is 10.1. The first-order chi connectivity index (χ1) is 27.1. The maximum absolute atomic E-state index is 12.7. The first kappa shape index (κ1) is 53.6. The third kappa shape index (κ3) is 37.1. The molecule has 0 saturated carbocycles. The maximum atomic E-state index is 12.7. The number of quaternary nitrogens is 1. The number of allylic oxidation sites excluding steroid dienone is 6. The van der Waals surface area contributed by atoms with Crippen LogP contribution in [0.5, 0.6) is 0 Å². The van der Waals surface area contributed by atoms with Crippen LogP contribution < -0.4 is 0 Å². The fraction of sp³-hybridized carbons (Fsp3) is 0.812. The molecule has 0 heterocycles. The van der Waals surface area contributed by atoms with Gasteiger partial charge in [-0.15, -0.1) is 0 Å². The second-order valence-corrected chi connectivity index (χ2v) is 16.7. The Bertz CT molecular complexity index is 1020. The fourth-order valence-electron chi connectivity index (χ4n) is 6.66. The molecule has 0 aliphatic carbocycles. The number of carboxylic acids is 1. The number of esters is 2. The molecule has 0 aromatic rings. The zero-order valence-corrected chi connectivity index (χ0v) is 37.1. The SMILES string of the molecule is CCCCC/C=C/C=C/CCCCCCCCCCCCC(=O)OC(COCCC(C(=O)O)[N+](C)(C)C)COC(=O)CCCCC/C=C/CCCCCCCC. The van der Waals surface area contributed by atoms with Crippen LogP contribution in [0.15, 0.2) is 36.5 Å². The molecular weight excluding hydrogens is 703 g/mol. The van der Waals surface area contributed by atoms with Gasteiger partial charge in [0.1, 0.15) is 6.61 Å². The molecule has 8 heteroatoms. The summed E-state index contributed by atoms with van der Waals surface area (Å²) in [6, 6.07) is -0.616. The minimum absolute atomic E-state index is 0.0564. The molecular formula is C48H88NO7+. The van der Waals surface area contributed by atoms with E-state index in [-0.39, 0.29) is 36.2 Å². The van der Waals surface area contributed by atoms with Crippen molar-refractivity contribution in [2.24, 2.45) is 0 Å². The molecule has 2 atom stereocenters. The molecule has 0 bridgehead atoms. The molecule has 2 unspecified atom stereocenters. The van der Waals surface area contributed by atoms with E-state index in [2.05, 4.69) is 50.3 Å². The van der Waals surface area contributed by atoms with Crippen LogP contribution in [-0.2, 0) is 28.6 Å². The standard InChI is InChI=1S/C48H87NO7/c1-6-8-10-12-14-16-18-20-21-22-23-24-25-27-29-31-33-35-37-39-47(51)56-44(42-54-41-40-45(48(52)53)49(3,4)5)43-55-46(50)38-36-34-32-30-28-26-19-17-15-13-11-9-7-2/h14,16,18,20,26,28,44-45H,6-13,15,17,19,21-25,27,29-43H2,1-5H3/p+1/b16-14+,20-18+,28-26+. The summed E-state index contributed by atoms with van der Waals surface area (Å²) in [6.07, 6.45) is 44.7. The van der Waals surface area contributed by atoms with Gasteiger partial charge in [-0.3, -0.25) is 9.59 Å². The number of hydrogen-bond acceptors (Lipinski definition) is 6. The first-order valence-electron chi connectivity index (χ1n) is 23.0. The molecule has 8 nitrogen and oxygen atoms in total. The fourth-order valence-corrected chi connectivity index (χ4v) is 6.66. The van der Waals surface area contributed by atoms with E-state index in [9.17, 15) is 19.5 Å². The van der Waals surface area contributed by atoms with E-state index in [0.29, 0.717) is 19.3 Å². The Hall–Kier alpha value is -2.45. The molecule has 0 aromatic carbocycles. The second-order valence-electron chi connectivity index (χ2n) is 16.7. The minimum atomic E-state index is -0.877. The lowest BCUT2D eigenvalue weighted by Gasteiger charge is -2.31. The van der Waals surface area contributed by atoms with Gasteiger partial charge in [-0.25, -0.2) is 4.79 Å². The van der Waals surface area contributed by atoms with E-state index in [4.69, 9.17) is 14.2 Å². The third-order valence-electron chi connectivity index (χ3n) is 10.3. The summed E-state index contributed by atoms with van der Waals surface area (Å²) >= 11 is 0. The Kier molecular flexibility index (Phi) is 37.7. The summed E-state index contributed by atoms with van der Waals surface area (Å²) in [7, 11) is 5.52. The third-order valence-corrected chi connectivity index (χ3v) is 10.3. The Morgan fingerprint density at radius 1 is 0.536 bits per heavy atom. The van der Waals surface area contributed by atoms with Crippen molar-refractivity contribution in [3.8, 4) is 0 Å². The average Bonchev–Trinajstić information content (AvgIpc) is 3.15. The van der Waals surface area contributed by atoms with Crippen LogP contribution in [0.3, 0.4) is 0 Å². The number of hydrogen-bond donors (Lipinski definition) is 1. The highest BCUT2D eigenvalue weighted by molar-refractivity contribution is 5.72. The van der Waals surface area contributed by atoms with Crippen LogP contribution in [0.1, 0.15) is 200 Å². The smallest absolute Gasteiger partial charge is 0.362 e. The highest BCUT2D eigenvalue weighted by Gasteiger charge is 2.31. The molecule has 0 spiro atoms. The number of unbranched alkanes of at least 4 members (excludes halogenated alkanes) is 22. The minimum Gasteiger partial charge on any atom is -0.477 e. The van der Waals surface area contributed by atoms with Crippen molar-refractivity contribution in [2.45, 2.75) is 212 Å². The molecule has 326 valence electrons. The number of nitrogens with zero attached hydrogens (tertiary/aromatic N) is 1. The van der Waals surface area contributed by atoms with Gasteiger partial charge in [-0.1, -0.05) is 153 Å². The number of carbonyl (C=O) groups excluding carboxylic acids is 2. The van der Waals surface area contributed by atoms with E-state index in [0.717, 1.165) is 51.4 Å². The lowest BCUT2D eigenvalue weighted by molar-refractivity contribution is -0.887. The number of carboxylic acid groups (broad SMARTS) is 1. The van der Waals surface area contributed by atoms with Crippen LogP contribution in [0.2, 0.25) is 0 Å². The van der Waals surface area contributed by atoms with Gasteiger partial charge in [0.25, 0.3) is 0 Å². The van der Waals surface area contributed by atoms with E-state index in [1.807, 2.05) is 21.1 Å². The van der Waals surface area contributed by atoms with Gasteiger partial charge < -0.3 is 23.8 Å². The van der Waals surface area contributed by atoms with E-state index in [1.54, 1.807) is 0 Å². The van der Waals surface area contributed by atoms with Crippen molar-refractivity contribution in [1.82, 2.24) is 0 Å². The van der Waals surface area contributed by atoms with Gasteiger partial charge in [-0.2, -0.15) is 0 Å². The highest BCUT2D eigenvalue weighted by Crippen LogP contribution is 2.14. The molecule has 0 fully saturated rings. The largest absolute Gasteiger partial charge is 0.477 e. The van der Waals surface area contributed by atoms with Crippen LogP contribution in [0.25, 0.3) is 0 Å². The van der Waals surface area contributed by atoms with Crippen LogP contribution in [0, 0.1) is 0 Å². The van der Waals surface area contributed by atoms with Crippen molar-refractivity contribution in [3.05, 3.63) is 36.5 Å². The van der Waals surface area contributed by atoms with Crippen LogP contribution >= 0.6 is 0 Å². The van der Waals surface area contributed by atoms with Crippen LogP contribution in [0.4, 0.5) is 0 Å². The molecule has 0 saturated heterocycles. The summed E-state index contributed by atoms with van der Waals surface area (Å²) < 4.78 is 17.3. The molecule has 0 aliphatic rings. The predicted octanol–water partition coefficient (Wildman–Crippen LogP) is 12.6. The summed E-state index contributed by atoms with van der Waals surface area (Å²) in [6.45, 7) is 4.69. The van der Waals surface area contributed by atoms with E-state index < -0.39 is 18.1 Å². The Labute approximate surface area is 344 Å². The maximum Gasteiger partial charge on any atom is 0.362 e. The van der Waals surface area contributed by atoms with E-state index in [1.165, 1.54) is 116 Å². The van der Waals surface area contributed by atoms with Crippen molar-refractivity contribution in [2.75, 3.05) is 41.0 Å². The number of ether oxygens (including phenoxy) is 3. The molecule has 0 rings (SSSR count). The Morgan fingerprint density at radius 3 is 1.45 bits per heavy atom. The van der Waals surface area contributed by atoms with Gasteiger partial charge in [0.2, 0.25) is 0 Å². The summed E-state index contributed by atoms with van der Waals surface area (Å²) in [5.74, 6) is -1.49. The first-order valence-corrected chi connectivity index (χ1v) is 23.0. The molecule has 56 heavy (non-hydrogen) atoms. The monoisotopic (exact) mass is 791 g/mol. The molecule has 0 radical (unpaired) electrons. The Balaban J connectivity index is 4.32.